The molecule has 0 spiro atoms. The number of hydrogen-bond donors (Lipinski definition) is 1. The molecule has 0 aliphatic rings. The van der Waals surface area contributed by atoms with Crippen LogP contribution >= 0.6 is 15.9 Å². The smallest absolute Gasteiger partial charge is 0.183 e. The molecule has 1 heterocycles. The first-order valence-corrected chi connectivity index (χ1v) is 6.21. The van der Waals surface area contributed by atoms with Crippen LogP contribution in [0.3, 0.4) is 0 Å². The van der Waals surface area contributed by atoms with Gasteiger partial charge in [-0.3, -0.25) is 0 Å². The average molecular weight is 295 g/mol. The Balaban J connectivity index is 2.64. The number of anilines is 1. The number of nitrogens with zero attached hydrogens (tertiary/aromatic N) is 1. The van der Waals surface area contributed by atoms with E-state index in [1.807, 2.05) is 18.2 Å². The van der Waals surface area contributed by atoms with E-state index in [4.69, 9.17) is 10.3 Å². The van der Waals surface area contributed by atoms with Gasteiger partial charge in [-0.2, -0.15) is 0 Å². The largest absolute Gasteiger partial charge is 0.380 e. The number of nitrogen functional groups attached to an aromatic ring is 1. The standard InChI is InChI=1S/C13H15BrN2O/c1-13(2,3)9-7-5-4-6-8(9)11-10(14)12(15)16-17-11/h4-7H,1-3H3,(H2,15,16). The summed E-state index contributed by atoms with van der Waals surface area (Å²) in [6.45, 7) is 6.50. The van der Waals surface area contributed by atoms with E-state index in [0.717, 1.165) is 5.56 Å². The van der Waals surface area contributed by atoms with Crippen molar-refractivity contribution in [2.45, 2.75) is 26.2 Å². The molecule has 0 fully saturated rings. The second kappa shape index (κ2) is 4.18. The van der Waals surface area contributed by atoms with Gasteiger partial charge in [0.25, 0.3) is 0 Å². The Morgan fingerprint density at radius 1 is 1.24 bits per heavy atom. The third-order valence-corrected chi connectivity index (χ3v) is 3.41. The van der Waals surface area contributed by atoms with Crippen molar-refractivity contribution in [3.05, 3.63) is 34.3 Å². The summed E-state index contributed by atoms with van der Waals surface area (Å²) in [5, 5.41) is 3.77. The minimum atomic E-state index is 0.0393. The van der Waals surface area contributed by atoms with Gasteiger partial charge in [-0.25, -0.2) is 0 Å². The summed E-state index contributed by atoms with van der Waals surface area (Å²) in [6, 6.07) is 8.12. The first-order chi connectivity index (χ1) is 7.91. The molecule has 0 aliphatic carbocycles. The van der Waals surface area contributed by atoms with Crippen molar-refractivity contribution in [2.75, 3.05) is 5.73 Å². The van der Waals surface area contributed by atoms with Crippen molar-refractivity contribution in [3.8, 4) is 11.3 Å². The van der Waals surface area contributed by atoms with Crippen LogP contribution in [-0.4, -0.2) is 5.16 Å². The van der Waals surface area contributed by atoms with Crippen molar-refractivity contribution in [3.63, 3.8) is 0 Å². The van der Waals surface area contributed by atoms with Crippen LogP contribution < -0.4 is 5.73 Å². The van der Waals surface area contributed by atoms with Crippen molar-refractivity contribution in [2.24, 2.45) is 0 Å². The van der Waals surface area contributed by atoms with Gasteiger partial charge < -0.3 is 10.3 Å². The van der Waals surface area contributed by atoms with Crippen LogP contribution in [-0.2, 0) is 5.41 Å². The van der Waals surface area contributed by atoms with E-state index in [2.05, 4.69) is 47.9 Å². The molecule has 0 aliphatic heterocycles. The third kappa shape index (κ3) is 2.22. The predicted octanol–water partition coefficient (Wildman–Crippen LogP) is 3.98. The molecule has 0 saturated carbocycles. The minimum Gasteiger partial charge on any atom is -0.380 e. The first kappa shape index (κ1) is 12.2. The molecule has 0 atom stereocenters. The quantitative estimate of drug-likeness (QED) is 0.865. The molecule has 0 saturated heterocycles. The number of benzene rings is 1. The van der Waals surface area contributed by atoms with Gasteiger partial charge in [0.1, 0.15) is 4.47 Å². The molecular formula is C13H15BrN2O. The van der Waals surface area contributed by atoms with Crippen LogP contribution in [0.25, 0.3) is 11.3 Å². The lowest BCUT2D eigenvalue weighted by atomic mass is 9.83. The van der Waals surface area contributed by atoms with E-state index in [1.165, 1.54) is 5.56 Å². The van der Waals surface area contributed by atoms with E-state index in [9.17, 15) is 0 Å². The Hall–Kier alpha value is -1.29. The maximum atomic E-state index is 5.69. The normalized spacial score (nSPS) is 11.8. The predicted molar refractivity (Wildman–Crippen MR) is 72.8 cm³/mol. The third-order valence-electron chi connectivity index (χ3n) is 2.64. The SMILES string of the molecule is CC(C)(C)c1ccccc1-c1onc(N)c1Br. The molecule has 90 valence electrons. The lowest BCUT2D eigenvalue weighted by Crippen LogP contribution is -2.12. The van der Waals surface area contributed by atoms with E-state index in [-0.39, 0.29) is 5.41 Å². The van der Waals surface area contributed by atoms with Crippen molar-refractivity contribution < 1.29 is 4.52 Å². The summed E-state index contributed by atoms with van der Waals surface area (Å²) in [7, 11) is 0. The summed E-state index contributed by atoms with van der Waals surface area (Å²) >= 11 is 3.41. The Labute approximate surface area is 109 Å². The fraction of sp³-hybridized carbons (Fsp3) is 0.308. The molecule has 2 aromatic rings. The Morgan fingerprint density at radius 2 is 1.88 bits per heavy atom. The highest BCUT2D eigenvalue weighted by molar-refractivity contribution is 9.10. The lowest BCUT2D eigenvalue weighted by molar-refractivity contribution is 0.434. The van der Waals surface area contributed by atoms with Crippen LogP contribution in [0.15, 0.2) is 33.3 Å². The summed E-state index contributed by atoms with van der Waals surface area (Å²) in [5.74, 6) is 1.07. The van der Waals surface area contributed by atoms with E-state index in [0.29, 0.717) is 16.1 Å². The molecular weight excluding hydrogens is 280 g/mol. The first-order valence-electron chi connectivity index (χ1n) is 5.42. The van der Waals surface area contributed by atoms with Gasteiger partial charge in [-0.1, -0.05) is 50.2 Å². The molecule has 2 N–H and O–H groups in total. The monoisotopic (exact) mass is 294 g/mol. The van der Waals surface area contributed by atoms with Gasteiger partial charge in [0.2, 0.25) is 0 Å². The lowest BCUT2D eigenvalue weighted by Gasteiger charge is -2.21. The van der Waals surface area contributed by atoms with Crippen LogP contribution in [0.5, 0.6) is 0 Å². The van der Waals surface area contributed by atoms with Crippen LogP contribution in [0.2, 0.25) is 0 Å². The number of nitrogens with two attached hydrogens (primary N) is 1. The zero-order chi connectivity index (χ0) is 12.6. The highest BCUT2D eigenvalue weighted by atomic mass is 79.9. The van der Waals surface area contributed by atoms with Crippen molar-refractivity contribution in [1.82, 2.24) is 5.16 Å². The summed E-state index contributed by atoms with van der Waals surface area (Å²) < 4.78 is 6.01. The highest BCUT2D eigenvalue weighted by Crippen LogP contribution is 2.38. The Bertz CT molecular complexity index is 541. The van der Waals surface area contributed by atoms with Crippen LogP contribution in [0.4, 0.5) is 5.82 Å². The molecule has 0 unspecified atom stereocenters. The molecule has 2 rings (SSSR count). The average Bonchev–Trinajstić information content (AvgIpc) is 2.59. The number of halogens is 1. The molecule has 0 radical (unpaired) electrons. The van der Waals surface area contributed by atoms with Crippen molar-refractivity contribution >= 4 is 21.7 Å². The van der Waals surface area contributed by atoms with Crippen LogP contribution in [0, 0.1) is 0 Å². The molecule has 3 nitrogen and oxygen atoms in total. The highest BCUT2D eigenvalue weighted by Gasteiger charge is 2.22. The number of hydrogen-bond acceptors (Lipinski definition) is 3. The van der Waals surface area contributed by atoms with E-state index < -0.39 is 0 Å². The van der Waals surface area contributed by atoms with Gasteiger partial charge in [-0.15, -0.1) is 0 Å². The maximum Gasteiger partial charge on any atom is 0.183 e. The molecule has 17 heavy (non-hydrogen) atoms. The fourth-order valence-electron chi connectivity index (χ4n) is 1.79. The summed E-state index contributed by atoms with van der Waals surface area (Å²) in [6.07, 6.45) is 0. The Morgan fingerprint density at radius 3 is 2.41 bits per heavy atom. The number of aromatic nitrogens is 1. The molecule has 0 amide bonds. The number of rotatable bonds is 1. The molecule has 0 bridgehead atoms. The maximum absolute atomic E-state index is 5.69. The Kier molecular flexibility index (Phi) is 3.00. The zero-order valence-corrected chi connectivity index (χ0v) is 11.7. The van der Waals surface area contributed by atoms with E-state index >= 15 is 0 Å². The molecule has 4 heteroatoms. The topological polar surface area (TPSA) is 52.0 Å². The zero-order valence-electron chi connectivity index (χ0n) is 10.1. The van der Waals surface area contributed by atoms with Gasteiger partial charge >= 0.3 is 0 Å². The van der Waals surface area contributed by atoms with Gasteiger partial charge in [0.15, 0.2) is 11.6 Å². The molecule has 1 aromatic heterocycles. The van der Waals surface area contributed by atoms with Crippen molar-refractivity contribution in [1.29, 1.82) is 0 Å². The second-order valence-electron chi connectivity index (χ2n) is 5.01. The van der Waals surface area contributed by atoms with Gasteiger partial charge in [0.05, 0.1) is 0 Å². The van der Waals surface area contributed by atoms with Crippen LogP contribution in [0.1, 0.15) is 26.3 Å². The summed E-state index contributed by atoms with van der Waals surface area (Å²) in [4.78, 5) is 0. The van der Waals surface area contributed by atoms with E-state index in [1.54, 1.807) is 0 Å². The second-order valence-corrected chi connectivity index (χ2v) is 5.80. The fourth-order valence-corrected chi connectivity index (χ4v) is 2.15. The summed E-state index contributed by atoms with van der Waals surface area (Å²) in [5.41, 5.74) is 7.95. The molecule has 1 aromatic carbocycles. The minimum absolute atomic E-state index is 0.0393. The van der Waals surface area contributed by atoms with Gasteiger partial charge in [0, 0.05) is 5.56 Å². The van der Waals surface area contributed by atoms with Gasteiger partial charge in [-0.05, 0) is 26.9 Å².